The van der Waals surface area contributed by atoms with E-state index >= 15 is 0 Å². The maximum atomic E-state index is 11.8. The minimum absolute atomic E-state index is 0.274. The molecule has 1 aromatic heterocycles. The van der Waals surface area contributed by atoms with Crippen LogP contribution in [0.15, 0.2) is 0 Å². The van der Waals surface area contributed by atoms with Crippen molar-refractivity contribution < 1.29 is 9.53 Å². The van der Waals surface area contributed by atoms with E-state index in [1.807, 2.05) is 6.92 Å². The lowest BCUT2D eigenvalue weighted by molar-refractivity contribution is 0.0518. The van der Waals surface area contributed by atoms with Crippen LogP contribution in [0.2, 0.25) is 0 Å². The molecule has 0 bridgehead atoms. The molecule has 3 rings (SSSR count). The van der Waals surface area contributed by atoms with Gasteiger partial charge in [-0.25, -0.2) is 4.79 Å². The summed E-state index contributed by atoms with van der Waals surface area (Å²) in [5.41, 5.74) is 2.87. The first-order valence-corrected chi connectivity index (χ1v) is 7.52. The molecule has 1 heterocycles. The van der Waals surface area contributed by atoms with Crippen molar-refractivity contribution in [1.29, 1.82) is 0 Å². The fourth-order valence-corrected chi connectivity index (χ4v) is 3.64. The largest absolute Gasteiger partial charge is 0.461 e. The fraction of sp³-hybridized carbons (Fsp3) is 0.733. The lowest BCUT2D eigenvalue weighted by Crippen LogP contribution is -2.08. The number of ether oxygens (including phenoxy) is 1. The van der Waals surface area contributed by atoms with Gasteiger partial charge in [-0.3, -0.25) is 5.10 Å². The van der Waals surface area contributed by atoms with Gasteiger partial charge in [0.25, 0.3) is 0 Å². The van der Waals surface area contributed by atoms with Crippen LogP contribution in [-0.2, 0) is 11.2 Å². The highest BCUT2D eigenvalue weighted by atomic mass is 16.5. The van der Waals surface area contributed by atoms with E-state index in [0.717, 1.165) is 23.8 Å². The van der Waals surface area contributed by atoms with Crippen molar-refractivity contribution in [2.45, 2.75) is 51.9 Å². The minimum atomic E-state index is -0.274. The Morgan fingerprint density at radius 2 is 2.26 bits per heavy atom. The van der Waals surface area contributed by atoms with Crippen molar-refractivity contribution in [2.75, 3.05) is 6.61 Å². The van der Waals surface area contributed by atoms with Gasteiger partial charge in [-0.1, -0.05) is 26.2 Å². The van der Waals surface area contributed by atoms with E-state index in [-0.39, 0.29) is 5.97 Å². The van der Waals surface area contributed by atoms with E-state index < -0.39 is 0 Å². The molecule has 0 unspecified atom stereocenters. The highest BCUT2D eigenvalue weighted by Gasteiger charge is 2.57. The number of hydrogen-bond acceptors (Lipinski definition) is 3. The Bertz CT molecular complexity index is 480. The first-order chi connectivity index (χ1) is 9.27. The average Bonchev–Trinajstić information content (AvgIpc) is 2.74. The van der Waals surface area contributed by atoms with E-state index in [2.05, 4.69) is 17.1 Å². The Labute approximate surface area is 113 Å². The van der Waals surface area contributed by atoms with Gasteiger partial charge < -0.3 is 4.74 Å². The van der Waals surface area contributed by atoms with Crippen LogP contribution in [0.5, 0.6) is 0 Å². The van der Waals surface area contributed by atoms with Crippen LogP contribution in [0.3, 0.4) is 0 Å². The lowest BCUT2D eigenvalue weighted by Gasteiger charge is -2.04. The van der Waals surface area contributed by atoms with Crippen molar-refractivity contribution in [3.63, 3.8) is 0 Å². The van der Waals surface area contributed by atoms with Crippen molar-refractivity contribution >= 4 is 5.97 Å². The van der Waals surface area contributed by atoms with Gasteiger partial charge in [-0.2, -0.15) is 5.10 Å². The zero-order chi connectivity index (χ0) is 13.4. The second-order valence-corrected chi connectivity index (χ2v) is 5.74. The number of fused-ring (bicyclic) bond motifs is 3. The maximum absolute atomic E-state index is 11.8. The molecule has 4 heteroatoms. The maximum Gasteiger partial charge on any atom is 0.359 e. The molecule has 1 aromatic rings. The van der Waals surface area contributed by atoms with E-state index in [0.29, 0.717) is 18.2 Å². The third-order valence-electron chi connectivity index (χ3n) is 4.61. The summed E-state index contributed by atoms with van der Waals surface area (Å²) in [4.78, 5) is 11.8. The zero-order valence-electron chi connectivity index (χ0n) is 11.7. The van der Waals surface area contributed by atoms with Crippen molar-refractivity contribution in [2.24, 2.45) is 11.8 Å². The number of carbonyl (C=O) groups excluding carboxylic acids is 1. The van der Waals surface area contributed by atoms with E-state index in [4.69, 9.17) is 4.74 Å². The number of H-pyrrole nitrogens is 1. The minimum Gasteiger partial charge on any atom is -0.461 e. The molecule has 1 N–H and O–H groups in total. The number of nitrogens with one attached hydrogen (secondary N) is 1. The normalized spacial score (nSPS) is 26.9. The Hall–Kier alpha value is -1.32. The Balaban J connectivity index is 1.65. The summed E-state index contributed by atoms with van der Waals surface area (Å²) in [5, 5.41) is 7.25. The highest BCUT2D eigenvalue weighted by molar-refractivity contribution is 5.89. The van der Waals surface area contributed by atoms with Crippen LogP contribution < -0.4 is 0 Å². The molecule has 1 fully saturated rings. The summed E-state index contributed by atoms with van der Waals surface area (Å²) in [5.74, 6) is 1.95. The second kappa shape index (κ2) is 4.99. The van der Waals surface area contributed by atoms with Gasteiger partial charge in [-0.15, -0.1) is 0 Å². The number of aromatic nitrogens is 2. The number of nitrogens with zero attached hydrogens (tertiary/aromatic N) is 1. The van der Waals surface area contributed by atoms with Crippen molar-refractivity contribution in [3.8, 4) is 0 Å². The molecule has 1 saturated carbocycles. The Kier molecular flexibility index (Phi) is 3.33. The van der Waals surface area contributed by atoms with Crippen LogP contribution in [0.25, 0.3) is 0 Å². The first kappa shape index (κ1) is 12.7. The number of hydrogen-bond donors (Lipinski definition) is 1. The number of esters is 1. The molecular formula is C15H22N2O2. The third-order valence-corrected chi connectivity index (χ3v) is 4.61. The lowest BCUT2D eigenvalue weighted by atomic mass is 10.0. The van der Waals surface area contributed by atoms with Crippen LogP contribution in [0, 0.1) is 11.8 Å². The molecule has 0 aliphatic heterocycles. The predicted molar refractivity (Wildman–Crippen MR) is 72.1 cm³/mol. The van der Waals surface area contributed by atoms with Crippen LogP contribution in [0.1, 0.15) is 67.2 Å². The molecule has 0 radical (unpaired) electrons. The Morgan fingerprint density at radius 3 is 3.00 bits per heavy atom. The van der Waals surface area contributed by atoms with Gasteiger partial charge in [0.2, 0.25) is 0 Å². The van der Waals surface area contributed by atoms with E-state index in [1.54, 1.807) is 0 Å². The van der Waals surface area contributed by atoms with Crippen LogP contribution in [0.4, 0.5) is 0 Å². The fourth-order valence-electron chi connectivity index (χ4n) is 3.64. The van der Waals surface area contributed by atoms with E-state index in [9.17, 15) is 4.79 Å². The monoisotopic (exact) mass is 262 g/mol. The molecule has 3 atom stereocenters. The summed E-state index contributed by atoms with van der Waals surface area (Å²) in [6, 6.07) is 0. The van der Waals surface area contributed by atoms with Crippen LogP contribution >= 0.6 is 0 Å². The molecule has 0 spiro atoms. The first-order valence-electron chi connectivity index (χ1n) is 7.52. The molecule has 4 nitrogen and oxygen atoms in total. The molecule has 0 amide bonds. The number of unbranched alkanes of at least 4 members (excludes halogenated alkanes) is 2. The highest BCUT2D eigenvalue weighted by Crippen LogP contribution is 2.63. The summed E-state index contributed by atoms with van der Waals surface area (Å²) in [6.45, 7) is 4.48. The summed E-state index contributed by atoms with van der Waals surface area (Å²) >= 11 is 0. The van der Waals surface area contributed by atoms with Crippen molar-refractivity contribution in [3.05, 3.63) is 17.0 Å². The predicted octanol–water partition coefficient (Wildman–Crippen LogP) is 3.05. The van der Waals surface area contributed by atoms with E-state index in [1.165, 1.54) is 31.4 Å². The molecule has 0 aromatic carbocycles. The molecule has 104 valence electrons. The van der Waals surface area contributed by atoms with Gasteiger partial charge >= 0.3 is 5.97 Å². The standard InChI is InChI=1S/C15H22N2O2/c1-3-5-6-7-9-10-8-11-13(12(9)10)16-17-14(11)15(18)19-4-2/h9-10,12H,3-8H2,1-2H3,(H,16,17)/t9-,10-,12+/m0/s1. The molecule has 0 saturated heterocycles. The second-order valence-electron chi connectivity index (χ2n) is 5.74. The van der Waals surface area contributed by atoms with Crippen LogP contribution in [-0.4, -0.2) is 22.8 Å². The molecular weight excluding hydrogens is 240 g/mol. The Morgan fingerprint density at radius 1 is 1.42 bits per heavy atom. The SMILES string of the molecule is CCCCC[C@H]1[C@@H]2Cc3c(C(=O)OCC)n[nH]c3[C@H]12. The molecule has 2 aliphatic carbocycles. The number of carbonyl (C=O) groups is 1. The number of rotatable bonds is 6. The molecule has 2 aliphatic rings. The third kappa shape index (κ3) is 2.07. The smallest absolute Gasteiger partial charge is 0.359 e. The van der Waals surface area contributed by atoms with Gasteiger partial charge in [0.05, 0.1) is 6.61 Å². The molecule has 19 heavy (non-hydrogen) atoms. The van der Waals surface area contributed by atoms with Gasteiger partial charge in [-0.05, 0) is 31.6 Å². The van der Waals surface area contributed by atoms with Gasteiger partial charge in [0.1, 0.15) is 0 Å². The topological polar surface area (TPSA) is 55.0 Å². The van der Waals surface area contributed by atoms with Gasteiger partial charge in [0.15, 0.2) is 5.69 Å². The summed E-state index contributed by atoms with van der Waals surface area (Å²) < 4.78 is 5.05. The number of aromatic amines is 1. The average molecular weight is 262 g/mol. The quantitative estimate of drug-likeness (QED) is 0.633. The zero-order valence-corrected chi connectivity index (χ0v) is 11.7. The summed E-state index contributed by atoms with van der Waals surface area (Å²) in [6.07, 6.45) is 6.30. The summed E-state index contributed by atoms with van der Waals surface area (Å²) in [7, 11) is 0. The van der Waals surface area contributed by atoms with Crippen molar-refractivity contribution in [1.82, 2.24) is 10.2 Å². The van der Waals surface area contributed by atoms with Gasteiger partial charge in [0, 0.05) is 17.2 Å².